The van der Waals surface area contributed by atoms with Crippen LogP contribution >= 0.6 is 22.6 Å². The number of halogens is 1. The Morgan fingerprint density at radius 1 is 1.05 bits per heavy atom. The zero-order valence-electron chi connectivity index (χ0n) is 11.4. The molecule has 0 radical (unpaired) electrons. The van der Waals surface area contributed by atoms with Gasteiger partial charge in [0.15, 0.2) is 5.78 Å². The first kappa shape index (κ1) is 14.8. The Bertz CT molecular complexity index is 606. The van der Waals surface area contributed by atoms with Gasteiger partial charge in [-0.15, -0.1) is 0 Å². The fourth-order valence-electron chi connectivity index (χ4n) is 1.91. The average Bonchev–Trinajstić information content (AvgIpc) is 2.48. The highest BCUT2D eigenvalue weighted by Crippen LogP contribution is 2.25. The van der Waals surface area contributed by atoms with Gasteiger partial charge in [-0.1, -0.05) is 12.1 Å². The molecule has 2 rings (SSSR count). The summed E-state index contributed by atoms with van der Waals surface area (Å²) >= 11 is 2.24. The molecule has 0 aromatic heterocycles. The van der Waals surface area contributed by atoms with Gasteiger partial charge in [0.05, 0.1) is 19.8 Å². The van der Waals surface area contributed by atoms with E-state index in [1.807, 2.05) is 24.3 Å². The Morgan fingerprint density at radius 2 is 1.75 bits per heavy atom. The van der Waals surface area contributed by atoms with Crippen LogP contribution in [0.5, 0.6) is 11.5 Å². The highest BCUT2D eigenvalue weighted by molar-refractivity contribution is 14.1. The zero-order chi connectivity index (χ0) is 14.5. The van der Waals surface area contributed by atoms with E-state index in [2.05, 4.69) is 22.6 Å². The Labute approximate surface area is 132 Å². The maximum atomic E-state index is 12.4. The van der Waals surface area contributed by atoms with Gasteiger partial charge < -0.3 is 9.47 Å². The van der Waals surface area contributed by atoms with E-state index in [1.54, 1.807) is 32.4 Å². The Balaban J connectivity index is 2.22. The molecular weight excluding hydrogens is 367 g/mol. The van der Waals surface area contributed by atoms with Crippen molar-refractivity contribution in [1.29, 1.82) is 0 Å². The van der Waals surface area contributed by atoms with Crippen molar-refractivity contribution < 1.29 is 14.3 Å². The highest BCUT2D eigenvalue weighted by atomic mass is 127. The molecule has 0 amide bonds. The van der Waals surface area contributed by atoms with Crippen LogP contribution in [0.25, 0.3) is 0 Å². The van der Waals surface area contributed by atoms with E-state index in [4.69, 9.17) is 9.47 Å². The van der Waals surface area contributed by atoms with E-state index in [1.165, 1.54) is 0 Å². The van der Waals surface area contributed by atoms with E-state index in [-0.39, 0.29) is 5.78 Å². The molecule has 0 fully saturated rings. The molecule has 0 aliphatic carbocycles. The van der Waals surface area contributed by atoms with Gasteiger partial charge >= 0.3 is 0 Å². The van der Waals surface area contributed by atoms with E-state index < -0.39 is 0 Å². The minimum Gasteiger partial charge on any atom is -0.497 e. The first-order valence-electron chi connectivity index (χ1n) is 6.13. The molecule has 0 N–H and O–H groups in total. The van der Waals surface area contributed by atoms with Gasteiger partial charge in [-0.3, -0.25) is 4.79 Å². The molecule has 0 atom stereocenters. The summed E-state index contributed by atoms with van der Waals surface area (Å²) in [7, 11) is 3.14. The fraction of sp³-hybridized carbons (Fsp3) is 0.188. The van der Waals surface area contributed by atoms with Crippen LogP contribution in [0.2, 0.25) is 0 Å². The molecule has 0 saturated carbocycles. The second kappa shape index (κ2) is 6.74. The molecule has 0 unspecified atom stereocenters. The fourth-order valence-corrected chi connectivity index (χ4v) is 2.27. The van der Waals surface area contributed by atoms with Crippen LogP contribution < -0.4 is 9.47 Å². The minimum absolute atomic E-state index is 0.0331. The number of hydrogen-bond acceptors (Lipinski definition) is 3. The molecule has 0 aliphatic heterocycles. The predicted octanol–water partition coefficient (Wildman–Crippen LogP) is 3.73. The summed E-state index contributed by atoms with van der Waals surface area (Å²) in [6, 6.07) is 13.2. The SMILES string of the molecule is COc1ccc(C(=O)Cc2ccc(I)cc2)c(OC)c1. The van der Waals surface area contributed by atoms with Crippen molar-refractivity contribution in [1.82, 2.24) is 0 Å². The number of Topliss-reactive ketones (excluding diaryl/α,β-unsaturated/α-hetero) is 1. The Morgan fingerprint density at radius 3 is 2.35 bits per heavy atom. The summed E-state index contributed by atoms with van der Waals surface area (Å²) in [5, 5.41) is 0. The van der Waals surface area contributed by atoms with Crippen molar-refractivity contribution in [3.05, 3.63) is 57.2 Å². The third-order valence-corrected chi connectivity index (χ3v) is 3.71. The number of carbonyl (C=O) groups excluding carboxylic acids is 1. The lowest BCUT2D eigenvalue weighted by atomic mass is 10.0. The van der Waals surface area contributed by atoms with E-state index in [0.29, 0.717) is 23.5 Å². The van der Waals surface area contributed by atoms with Crippen LogP contribution in [0.15, 0.2) is 42.5 Å². The van der Waals surface area contributed by atoms with Crippen molar-refractivity contribution in [2.45, 2.75) is 6.42 Å². The third kappa shape index (κ3) is 3.50. The summed E-state index contributed by atoms with van der Waals surface area (Å²) in [5.74, 6) is 1.25. The van der Waals surface area contributed by atoms with Crippen molar-refractivity contribution >= 4 is 28.4 Å². The summed E-state index contributed by atoms with van der Waals surface area (Å²) in [5.41, 5.74) is 1.57. The summed E-state index contributed by atoms with van der Waals surface area (Å²) in [6.45, 7) is 0. The smallest absolute Gasteiger partial charge is 0.170 e. The third-order valence-electron chi connectivity index (χ3n) is 2.99. The molecule has 4 heteroatoms. The second-order valence-electron chi connectivity index (χ2n) is 4.29. The van der Waals surface area contributed by atoms with Crippen molar-refractivity contribution in [2.75, 3.05) is 14.2 Å². The quantitative estimate of drug-likeness (QED) is 0.584. The number of carbonyl (C=O) groups is 1. The normalized spacial score (nSPS) is 10.2. The molecule has 20 heavy (non-hydrogen) atoms. The average molecular weight is 382 g/mol. The Hall–Kier alpha value is -1.56. The first-order valence-corrected chi connectivity index (χ1v) is 7.21. The number of hydrogen-bond donors (Lipinski definition) is 0. The number of methoxy groups -OCH3 is 2. The second-order valence-corrected chi connectivity index (χ2v) is 5.54. The molecular formula is C16H15IO3. The number of ketones is 1. The molecule has 3 nitrogen and oxygen atoms in total. The lowest BCUT2D eigenvalue weighted by Crippen LogP contribution is -2.06. The van der Waals surface area contributed by atoms with Crippen LogP contribution in [0.4, 0.5) is 0 Å². The van der Waals surface area contributed by atoms with Gasteiger partial charge in [0.2, 0.25) is 0 Å². The molecule has 0 heterocycles. The van der Waals surface area contributed by atoms with Gasteiger partial charge in [0.25, 0.3) is 0 Å². The minimum atomic E-state index is 0.0331. The first-order chi connectivity index (χ1) is 9.63. The Kier molecular flexibility index (Phi) is 5.00. The summed E-state index contributed by atoms with van der Waals surface area (Å²) in [6.07, 6.45) is 0.361. The van der Waals surface area contributed by atoms with Gasteiger partial charge in [0.1, 0.15) is 11.5 Å². The molecule has 104 valence electrons. The molecule has 2 aromatic carbocycles. The van der Waals surface area contributed by atoms with Gasteiger partial charge in [-0.05, 0) is 52.4 Å². The van der Waals surface area contributed by atoms with Crippen LogP contribution in [-0.4, -0.2) is 20.0 Å². The molecule has 0 saturated heterocycles. The van der Waals surface area contributed by atoms with Gasteiger partial charge in [-0.2, -0.15) is 0 Å². The maximum Gasteiger partial charge on any atom is 0.170 e. The van der Waals surface area contributed by atoms with E-state index in [0.717, 1.165) is 9.13 Å². The lowest BCUT2D eigenvalue weighted by molar-refractivity contribution is 0.0990. The predicted molar refractivity (Wildman–Crippen MR) is 86.7 cm³/mol. The summed E-state index contributed by atoms with van der Waals surface area (Å²) < 4.78 is 11.5. The van der Waals surface area contributed by atoms with Crippen molar-refractivity contribution in [2.24, 2.45) is 0 Å². The number of rotatable bonds is 5. The van der Waals surface area contributed by atoms with Crippen LogP contribution in [0.3, 0.4) is 0 Å². The van der Waals surface area contributed by atoms with E-state index in [9.17, 15) is 4.79 Å². The topological polar surface area (TPSA) is 35.5 Å². The largest absolute Gasteiger partial charge is 0.497 e. The monoisotopic (exact) mass is 382 g/mol. The molecule has 0 spiro atoms. The van der Waals surface area contributed by atoms with Gasteiger partial charge in [0, 0.05) is 16.1 Å². The van der Waals surface area contributed by atoms with Crippen LogP contribution in [0.1, 0.15) is 15.9 Å². The number of benzene rings is 2. The maximum absolute atomic E-state index is 12.4. The summed E-state index contributed by atoms with van der Waals surface area (Å²) in [4.78, 5) is 12.4. The van der Waals surface area contributed by atoms with Gasteiger partial charge in [-0.25, -0.2) is 0 Å². The molecule has 0 bridgehead atoms. The standard InChI is InChI=1S/C16H15IO3/c1-19-13-7-8-14(16(10-13)20-2)15(18)9-11-3-5-12(17)6-4-11/h3-8,10H,9H2,1-2H3. The van der Waals surface area contributed by atoms with Crippen molar-refractivity contribution in [3.63, 3.8) is 0 Å². The molecule has 0 aliphatic rings. The molecule has 2 aromatic rings. The highest BCUT2D eigenvalue weighted by Gasteiger charge is 2.13. The van der Waals surface area contributed by atoms with Crippen LogP contribution in [0, 0.1) is 3.57 Å². The van der Waals surface area contributed by atoms with Crippen molar-refractivity contribution in [3.8, 4) is 11.5 Å². The van der Waals surface area contributed by atoms with Crippen LogP contribution in [-0.2, 0) is 6.42 Å². The lowest BCUT2D eigenvalue weighted by Gasteiger charge is -2.09. The number of ether oxygens (including phenoxy) is 2. The van der Waals surface area contributed by atoms with E-state index >= 15 is 0 Å². The zero-order valence-corrected chi connectivity index (χ0v) is 13.5.